The standard InChI is InChI=1S/C18H19N3O3/c1-2-23-16-4-3-5-17(12-16)24-11-10-20-18(22)21-15-8-6-14(13-19)7-9-15/h3-9,12H,2,10-11H2,1H3,(H2,20,21,22). The number of benzene rings is 2. The van der Waals surface area contributed by atoms with E-state index in [0.29, 0.717) is 36.8 Å². The molecule has 0 aromatic heterocycles. The summed E-state index contributed by atoms with van der Waals surface area (Å²) in [6, 6.07) is 15.7. The Morgan fingerprint density at radius 1 is 1.12 bits per heavy atom. The second-order valence-electron chi connectivity index (χ2n) is 4.83. The fraction of sp³-hybridized carbons (Fsp3) is 0.222. The van der Waals surface area contributed by atoms with Gasteiger partial charge in [-0.05, 0) is 43.3 Å². The van der Waals surface area contributed by atoms with Crippen LogP contribution in [0.5, 0.6) is 11.5 Å². The van der Waals surface area contributed by atoms with Crippen LogP contribution in [0, 0.1) is 11.3 Å². The molecule has 0 fully saturated rings. The normalized spacial score (nSPS) is 9.67. The number of anilines is 1. The number of urea groups is 1. The van der Waals surface area contributed by atoms with Crippen LogP contribution in [-0.2, 0) is 0 Å². The van der Waals surface area contributed by atoms with Crippen LogP contribution in [-0.4, -0.2) is 25.8 Å². The molecule has 0 spiro atoms. The number of nitrogens with zero attached hydrogens (tertiary/aromatic N) is 1. The highest BCUT2D eigenvalue weighted by atomic mass is 16.5. The largest absolute Gasteiger partial charge is 0.494 e. The third-order valence-electron chi connectivity index (χ3n) is 3.04. The van der Waals surface area contributed by atoms with Crippen molar-refractivity contribution in [3.05, 3.63) is 54.1 Å². The summed E-state index contributed by atoms with van der Waals surface area (Å²) in [5.41, 5.74) is 1.17. The van der Waals surface area contributed by atoms with E-state index in [2.05, 4.69) is 10.6 Å². The maximum absolute atomic E-state index is 11.8. The van der Waals surface area contributed by atoms with Crippen LogP contribution < -0.4 is 20.1 Å². The van der Waals surface area contributed by atoms with E-state index in [1.807, 2.05) is 31.2 Å². The Kier molecular flexibility index (Phi) is 6.47. The quantitative estimate of drug-likeness (QED) is 0.766. The van der Waals surface area contributed by atoms with E-state index < -0.39 is 0 Å². The lowest BCUT2D eigenvalue weighted by atomic mass is 10.2. The molecule has 2 aromatic rings. The number of ether oxygens (including phenoxy) is 2. The van der Waals surface area contributed by atoms with Crippen LogP contribution in [0.3, 0.4) is 0 Å². The molecule has 2 amide bonds. The molecule has 124 valence electrons. The van der Waals surface area contributed by atoms with Crippen molar-refractivity contribution in [2.75, 3.05) is 25.1 Å². The molecular weight excluding hydrogens is 306 g/mol. The Balaban J connectivity index is 1.70. The molecule has 6 heteroatoms. The summed E-state index contributed by atoms with van der Waals surface area (Å²) in [7, 11) is 0. The third-order valence-corrected chi connectivity index (χ3v) is 3.04. The molecule has 0 radical (unpaired) electrons. The van der Waals surface area contributed by atoms with Gasteiger partial charge in [-0.25, -0.2) is 4.79 Å². The van der Waals surface area contributed by atoms with Gasteiger partial charge in [0.2, 0.25) is 0 Å². The third kappa shape index (κ3) is 5.54. The fourth-order valence-corrected chi connectivity index (χ4v) is 1.96. The summed E-state index contributed by atoms with van der Waals surface area (Å²) in [4.78, 5) is 11.8. The molecule has 2 N–H and O–H groups in total. The lowest BCUT2D eigenvalue weighted by Gasteiger charge is -2.10. The zero-order valence-corrected chi connectivity index (χ0v) is 13.4. The number of nitriles is 1. The summed E-state index contributed by atoms with van der Waals surface area (Å²) < 4.78 is 11.0. The van der Waals surface area contributed by atoms with E-state index in [-0.39, 0.29) is 6.03 Å². The lowest BCUT2D eigenvalue weighted by molar-refractivity contribution is 0.247. The maximum Gasteiger partial charge on any atom is 0.319 e. The van der Waals surface area contributed by atoms with Crippen LogP contribution >= 0.6 is 0 Å². The van der Waals surface area contributed by atoms with Gasteiger partial charge in [0, 0.05) is 11.8 Å². The van der Waals surface area contributed by atoms with E-state index in [0.717, 1.165) is 5.75 Å². The Morgan fingerprint density at radius 3 is 2.50 bits per heavy atom. The number of hydrogen-bond acceptors (Lipinski definition) is 4. The summed E-state index contributed by atoms with van der Waals surface area (Å²) in [6.45, 7) is 3.22. The van der Waals surface area contributed by atoms with Crippen molar-refractivity contribution in [3.63, 3.8) is 0 Å². The van der Waals surface area contributed by atoms with E-state index in [1.54, 1.807) is 30.3 Å². The molecule has 0 atom stereocenters. The lowest BCUT2D eigenvalue weighted by Crippen LogP contribution is -2.32. The molecule has 6 nitrogen and oxygen atoms in total. The van der Waals surface area contributed by atoms with Crippen LogP contribution in [0.25, 0.3) is 0 Å². The molecule has 0 aliphatic heterocycles. The first-order valence-electron chi connectivity index (χ1n) is 7.62. The van der Waals surface area contributed by atoms with Crippen LogP contribution in [0.4, 0.5) is 10.5 Å². The summed E-state index contributed by atoms with van der Waals surface area (Å²) in [5, 5.41) is 14.1. The van der Waals surface area contributed by atoms with Crippen molar-refractivity contribution in [1.29, 1.82) is 5.26 Å². The van der Waals surface area contributed by atoms with Crippen molar-refractivity contribution in [1.82, 2.24) is 5.32 Å². The number of nitrogens with one attached hydrogen (secondary N) is 2. The van der Waals surface area contributed by atoms with E-state index in [9.17, 15) is 4.79 Å². The van der Waals surface area contributed by atoms with Crippen molar-refractivity contribution >= 4 is 11.7 Å². The van der Waals surface area contributed by atoms with Gasteiger partial charge in [-0.2, -0.15) is 5.26 Å². The van der Waals surface area contributed by atoms with Crippen LogP contribution in [0.2, 0.25) is 0 Å². The van der Waals surface area contributed by atoms with Crippen molar-refractivity contribution in [3.8, 4) is 17.6 Å². The average molecular weight is 325 g/mol. The van der Waals surface area contributed by atoms with Crippen molar-refractivity contribution < 1.29 is 14.3 Å². The van der Waals surface area contributed by atoms with Crippen LogP contribution in [0.15, 0.2) is 48.5 Å². The van der Waals surface area contributed by atoms with Crippen LogP contribution in [0.1, 0.15) is 12.5 Å². The minimum Gasteiger partial charge on any atom is -0.494 e. The van der Waals surface area contributed by atoms with Crippen molar-refractivity contribution in [2.45, 2.75) is 6.92 Å². The molecule has 0 unspecified atom stereocenters. The summed E-state index contributed by atoms with van der Waals surface area (Å²) in [5.74, 6) is 1.44. The van der Waals surface area contributed by atoms with Gasteiger partial charge in [0.05, 0.1) is 24.8 Å². The summed E-state index contributed by atoms with van der Waals surface area (Å²) >= 11 is 0. The van der Waals surface area contributed by atoms with Gasteiger partial charge in [-0.15, -0.1) is 0 Å². The van der Waals surface area contributed by atoms with Gasteiger partial charge in [0.15, 0.2) is 0 Å². The number of carbonyl (C=O) groups excluding carboxylic acids is 1. The monoisotopic (exact) mass is 325 g/mol. The van der Waals surface area contributed by atoms with Crippen molar-refractivity contribution in [2.24, 2.45) is 0 Å². The van der Waals surface area contributed by atoms with Gasteiger partial charge in [0.1, 0.15) is 18.1 Å². The first-order chi connectivity index (χ1) is 11.7. The smallest absolute Gasteiger partial charge is 0.319 e. The van der Waals surface area contributed by atoms with E-state index in [1.165, 1.54) is 0 Å². The number of carbonyl (C=O) groups is 1. The molecule has 0 aliphatic rings. The van der Waals surface area contributed by atoms with Gasteiger partial charge in [-0.3, -0.25) is 0 Å². The highest BCUT2D eigenvalue weighted by molar-refractivity contribution is 5.89. The minimum absolute atomic E-state index is 0.327. The number of hydrogen-bond donors (Lipinski definition) is 2. The summed E-state index contributed by atoms with van der Waals surface area (Å²) in [6.07, 6.45) is 0. The molecule has 0 aliphatic carbocycles. The average Bonchev–Trinajstić information content (AvgIpc) is 2.60. The first kappa shape index (κ1) is 17.2. The second kappa shape index (κ2) is 9.06. The zero-order chi connectivity index (χ0) is 17.2. The molecule has 2 rings (SSSR count). The second-order valence-corrected chi connectivity index (χ2v) is 4.83. The highest BCUT2D eigenvalue weighted by Crippen LogP contribution is 2.19. The Morgan fingerprint density at radius 2 is 1.83 bits per heavy atom. The molecule has 24 heavy (non-hydrogen) atoms. The maximum atomic E-state index is 11.8. The molecule has 2 aromatic carbocycles. The van der Waals surface area contributed by atoms with E-state index in [4.69, 9.17) is 14.7 Å². The number of rotatable bonds is 7. The minimum atomic E-state index is -0.327. The van der Waals surface area contributed by atoms with Gasteiger partial charge < -0.3 is 20.1 Å². The van der Waals surface area contributed by atoms with Gasteiger partial charge in [0.25, 0.3) is 0 Å². The zero-order valence-electron chi connectivity index (χ0n) is 13.4. The Labute approximate surface area is 141 Å². The Hall–Kier alpha value is -3.20. The molecule has 0 saturated carbocycles. The fourth-order valence-electron chi connectivity index (χ4n) is 1.96. The topological polar surface area (TPSA) is 83.4 Å². The molecule has 0 heterocycles. The first-order valence-corrected chi connectivity index (χ1v) is 7.62. The molecule has 0 saturated heterocycles. The van der Waals surface area contributed by atoms with Gasteiger partial charge in [-0.1, -0.05) is 6.07 Å². The highest BCUT2D eigenvalue weighted by Gasteiger charge is 2.02. The molecular formula is C18H19N3O3. The SMILES string of the molecule is CCOc1cccc(OCCNC(=O)Nc2ccc(C#N)cc2)c1. The predicted molar refractivity (Wildman–Crippen MR) is 91.3 cm³/mol. The Bertz CT molecular complexity index is 708. The van der Waals surface area contributed by atoms with Gasteiger partial charge >= 0.3 is 6.03 Å². The van der Waals surface area contributed by atoms with E-state index >= 15 is 0 Å². The predicted octanol–water partition coefficient (Wildman–Crippen LogP) is 3.16. The molecule has 0 bridgehead atoms. The number of amides is 2.